The van der Waals surface area contributed by atoms with Crippen LogP contribution in [-0.4, -0.2) is 70.2 Å². The first-order chi connectivity index (χ1) is 25.3. The van der Waals surface area contributed by atoms with Crippen molar-refractivity contribution in [3.63, 3.8) is 0 Å². The summed E-state index contributed by atoms with van der Waals surface area (Å²) in [4.78, 5) is 68.1. The number of ether oxygens (including phenoxy) is 3. The number of carboxylic acids is 1. The summed E-state index contributed by atoms with van der Waals surface area (Å²) in [6, 6.07) is 7.59. The third-order valence-electron chi connectivity index (χ3n) is 10.7. The van der Waals surface area contributed by atoms with E-state index in [1.807, 2.05) is 52.0 Å². The summed E-state index contributed by atoms with van der Waals surface area (Å²) in [6.45, 7) is 11.8. The zero-order valence-corrected chi connectivity index (χ0v) is 30.9. The van der Waals surface area contributed by atoms with Crippen LogP contribution in [0.4, 0.5) is 0 Å². The van der Waals surface area contributed by atoms with Gasteiger partial charge >= 0.3 is 23.9 Å². The fourth-order valence-corrected chi connectivity index (χ4v) is 7.68. The van der Waals surface area contributed by atoms with Gasteiger partial charge in [-0.2, -0.15) is 0 Å². The molecule has 12 heteroatoms. The number of hydrogen-bond acceptors (Lipinski definition) is 9. The topological polar surface area (TPSA) is 174 Å². The predicted molar refractivity (Wildman–Crippen MR) is 201 cm³/mol. The number of nitrogens with zero attached hydrogens (tertiary/aromatic N) is 2. The van der Waals surface area contributed by atoms with Crippen LogP contribution in [0.1, 0.15) is 78.1 Å². The van der Waals surface area contributed by atoms with Crippen molar-refractivity contribution < 1.29 is 38.5 Å². The molecular formula is C41H42N4O8. The largest absolute Gasteiger partial charge is 0.481 e. The monoisotopic (exact) mass is 718 g/mol. The summed E-state index contributed by atoms with van der Waals surface area (Å²) < 4.78 is 15.3. The Kier molecular flexibility index (Phi) is 9.83. The van der Waals surface area contributed by atoms with Crippen molar-refractivity contribution in [2.24, 2.45) is 5.92 Å². The normalized spacial score (nSPS) is 17.8. The standard InChI is InChI=1S/C41H42N4O8/c1-9-23-20(2)29-17-34-27-13-10-26(39(49)52-7)38(40(50)53-8)41(27,5)35(45-34)19-30-22(4)24(11-14-36(46)47)32(44-30)18-33-25(12-15-37(48)51-6)21(3)28(43-33)16-31(23)42-29/h9-10,13,16-19,38,42,44H,1,11-12,14-15H2,2-8H3,(H,46,47)/t38?,41-/m0/s1. The Balaban J connectivity index is 1.77. The minimum atomic E-state index is -1.18. The molecule has 0 saturated heterocycles. The lowest BCUT2D eigenvalue weighted by Gasteiger charge is -2.36. The second-order valence-corrected chi connectivity index (χ2v) is 13.5. The lowest BCUT2D eigenvalue weighted by Crippen LogP contribution is -2.42. The number of hydrogen-bond donors (Lipinski definition) is 3. The van der Waals surface area contributed by atoms with Crippen LogP contribution in [0.5, 0.6) is 0 Å². The number of fused-ring (bicyclic) bond motifs is 11. The highest BCUT2D eigenvalue weighted by molar-refractivity contribution is 6.02. The molecule has 3 aromatic rings. The molecule has 1 aliphatic carbocycles. The zero-order chi connectivity index (χ0) is 38.4. The van der Waals surface area contributed by atoms with Crippen molar-refractivity contribution in [2.75, 3.05) is 21.3 Å². The van der Waals surface area contributed by atoms with Gasteiger partial charge in [-0.25, -0.2) is 9.78 Å². The average Bonchev–Trinajstić information content (AvgIpc) is 3.79. The molecule has 8 bridgehead atoms. The number of aryl methyl sites for hydroxylation is 3. The third-order valence-corrected chi connectivity index (χ3v) is 10.7. The number of aromatic nitrogens is 4. The molecular weight excluding hydrogens is 676 g/mol. The van der Waals surface area contributed by atoms with E-state index in [1.54, 1.807) is 18.2 Å². The van der Waals surface area contributed by atoms with Gasteiger partial charge in [-0.15, -0.1) is 0 Å². The number of nitrogens with one attached hydrogen (secondary N) is 2. The number of carbonyl (C=O) groups is 4. The van der Waals surface area contributed by atoms with E-state index in [4.69, 9.17) is 24.2 Å². The van der Waals surface area contributed by atoms with E-state index in [-0.39, 0.29) is 30.8 Å². The summed E-state index contributed by atoms with van der Waals surface area (Å²) in [5, 5.41) is 9.68. The average molecular weight is 719 g/mol. The fourth-order valence-electron chi connectivity index (χ4n) is 7.68. The minimum absolute atomic E-state index is 0.116. The van der Waals surface area contributed by atoms with Gasteiger partial charge in [0.05, 0.1) is 55.1 Å². The number of methoxy groups -OCH3 is 3. The molecule has 0 spiro atoms. The van der Waals surface area contributed by atoms with Gasteiger partial charge in [0.2, 0.25) is 0 Å². The van der Waals surface area contributed by atoms with E-state index in [0.29, 0.717) is 45.8 Å². The van der Waals surface area contributed by atoms with E-state index >= 15 is 0 Å². The molecule has 0 radical (unpaired) electrons. The van der Waals surface area contributed by atoms with Gasteiger partial charge in [0.1, 0.15) is 5.92 Å². The van der Waals surface area contributed by atoms with Gasteiger partial charge in [-0.05, 0) is 98.2 Å². The van der Waals surface area contributed by atoms with Gasteiger partial charge in [0, 0.05) is 40.5 Å². The first-order valence-corrected chi connectivity index (χ1v) is 17.2. The molecule has 0 saturated carbocycles. The minimum Gasteiger partial charge on any atom is -0.481 e. The number of aliphatic carboxylic acids is 1. The lowest BCUT2D eigenvalue weighted by molar-refractivity contribution is -0.149. The molecule has 2 atom stereocenters. The second-order valence-electron chi connectivity index (χ2n) is 13.5. The summed E-state index contributed by atoms with van der Waals surface area (Å²) in [5.41, 5.74) is 9.92. The Labute approximate surface area is 306 Å². The van der Waals surface area contributed by atoms with E-state index < -0.39 is 29.2 Å². The maximum Gasteiger partial charge on any atom is 0.334 e. The Bertz CT molecular complexity index is 2370. The van der Waals surface area contributed by atoms with Gasteiger partial charge in [-0.3, -0.25) is 19.4 Å². The molecule has 12 nitrogen and oxygen atoms in total. The van der Waals surface area contributed by atoms with Crippen molar-refractivity contribution in [1.82, 2.24) is 19.9 Å². The van der Waals surface area contributed by atoms with Crippen molar-refractivity contribution in [1.29, 1.82) is 0 Å². The smallest absolute Gasteiger partial charge is 0.334 e. The predicted octanol–water partition coefficient (Wildman–Crippen LogP) is 6.72. The van der Waals surface area contributed by atoms with Gasteiger partial charge in [-0.1, -0.05) is 24.8 Å². The van der Waals surface area contributed by atoms with E-state index in [2.05, 4.69) is 16.5 Å². The number of carboxylic acid groups (broad SMARTS) is 1. The van der Waals surface area contributed by atoms with Crippen LogP contribution in [0, 0.1) is 19.8 Å². The zero-order valence-electron chi connectivity index (χ0n) is 30.9. The Morgan fingerprint density at radius 3 is 2.17 bits per heavy atom. The number of carbonyl (C=O) groups excluding carboxylic acids is 3. The van der Waals surface area contributed by atoms with Crippen molar-refractivity contribution >= 4 is 68.7 Å². The van der Waals surface area contributed by atoms with Crippen LogP contribution in [0.3, 0.4) is 0 Å². The highest BCUT2D eigenvalue weighted by Crippen LogP contribution is 2.52. The third kappa shape index (κ3) is 6.28. The molecule has 5 heterocycles. The van der Waals surface area contributed by atoms with Gasteiger partial charge in [0.15, 0.2) is 0 Å². The molecule has 3 aliphatic rings. The molecule has 2 aliphatic heterocycles. The molecule has 3 N–H and O–H groups in total. The first-order valence-electron chi connectivity index (χ1n) is 17.2. The molecule has 0 fully saturated rings. The summed E-state index contributed by atoms with van der Waals surface area (Å²) in [7, 11) is 3.89. The van der Waals surface area contributed by atoms with Crippen LogP contribution in [0.2, 0.25) is 0 Å². The highest BCUT2D eigenvalue weighted by Gasteiger charge is 2.53. The number of allylic oxidation sites excluding steroid dienone is 5. The molecule has 0 amide bonds. The van der Waals surface area contributed by atoms with Gasteiger partial charge in [0.25, 0.3) is 0 Å². The van der Waals surface area contributed by atoms with E-state index in [9.17, 15) is 24.3 Å². The number of rotatable bonds is 9. The maximum atomic E-state index is 13.7. The Hall–Kier alpha value is -6.04. The molecule has 1 unspecified atom stereocenters. The summed E-state index contributed by atoms with van der Waals surface area (Å²) in [6.07, 6.45) is 5.78. The van der Waals surface area contributed by atoms with Crippen LogP contribution in [0.25, 0.3) is 44.9 Å². The molecule has 3 aromatic heterocycles. The SMILES string of the molecule is C=Cc1c(C)c2cc3nc(cc4[nH]c(cc5nc(cc1[nH]2)C(C)=C5CCC(=O)OC)c(CCC(=O)O)c4C)[C@]1(C)C3=CC=C(C(=O)OC)C1C(=O)OC. The lowest BCUT2D eigenvalue weighted by atomic mass is 9.64. The highest BCUT2D eigenvalue weighted by atomic mass is 16.5. The maximum absolute atomic E-state index is 13.7. The summed E-state index contributed by atoms with van der Waals surface area (Å²) in [5.74, 6) is -3.68. The second kappa shape index (κ2) is 14.2. The Morgan fingerprint density at radius 1 is 0.830 bits per heavy atom. The van der Waals surface area contributed by atoms with Crippen LogP contribution < -0.4 is 0 Å². The first kappa shape index (κ1) is 36.7. The van der Waals surface area contributed by atoms with E-state index in [0.717, 1.165) is 44.4 Å². The summed E-state index contributed by atoms with van der Waals surface area (Å²) >= 11 is 0. The van der Waals surface area contributed by atoms with Crippen molar-refractivity contribution in [3.05, 3.63) is 93.6 Å². The molecule has 274 valence electrons. The van der Waals surface area contributed by atoms with E-state index in [1.165, 1.54) is 21.3 Å². The number of esters is 3. The van der Waals surface area contributed by atoms with Crippen LogP contribution >= 0.6 is 0 Å². The quantitative estimate of drug-likeness (QED) is 0.159. The number of H-pyrrole nitrogens is 2. The molecule has 0 aromatic carbocycles. The number of aromatic amines is 2. The van der Waals surface area contributed by atoms with Crippen LogP contribution in [-0.2, 0) is 45.2 Å². The van der Waals surface area contributed by atoms with Crippen molar-refractivity contribution in [2.45, 2.75) is 58.8 Å². The van der Waals surface area contributed by atoms with Crippen molar-refractivity contribution in [3.8, 4) is 0 Å². The fraction of sp³-hybridized carbons (Fsp3) is 0.317. The van der Waals surface area contributed by atoms with Gasteiger partial charge < -0.3 is 29.3 Å². The molecule has 6 rings (SSSR count). The van der Waals surface area contributed by atoms with Crippen LogP contribution in [0.15, 0.2) is 48.6 Å². The molecule has 53 heavy (non-hydrogen) atoms. The Morgan fingerprint density at radius 2 is 1.51 bits per heavy atom.